The maximum Gasteiger partial charge on any atom is 0.263 e. The minimum absolute atomic E-state index is 0.180. The highest BCUT2D eigenvalue weighted by Gasteiger charge is 2.55. The van der Waals surface area contributed by atoms with Gasteiger partial charge in [0.1, 0.15) is 6.54 Å². The molecule has 8 nitrogen and oxygen atoms in total. The van der Waals surface area contributed by atoms with Gasteiger partial charge >= 0.3 is 0 Å². The summed E-state index contributed by atoms with van der Waals surface area (Å²) < 4.78 is 0.896. The van der Waals surface area contributed by atoms with Gasteiger partial charge in [-0.25, -0.2) is 4.90 Å². The van der Waals surface area contributed by atoms with Gasteiger partial charge in [0.05, 0.1) is 5.69 Å². The molecule has 0 bridgehead atoms. The van der Waals surface area contributed by atoms with E-state index in [4.69, 9.17) is 0 Å². The molecule has 2 atom stereocenters. The lowest BCUT2D eigenvalue weighted by Crippen LogP contribution is -2.43. The van der Waals surface area contributed by atoms with E-state index in [1.165, 1.54) is 5.01 Å². The molecule has 1 saturated heterocycles. The van der Waals surface area contributed by atoms with E-state index >= 15 is 0 Å². The molecule has 9 heteroatoms. The third-order valence-corrected chi connectivity index (χ3v) is 5.57. The van der Waals surface area contributed by atoms with Crippen LogP contribution in [0.15, 0.2) is 57.3 Å². The van der Waals surface area contributed by atoms with Crippen molar-refractivity contribution in [2.75, 3.05) is 16.8 Å². The summed E-state index contributed by atoms with van der Waals surface area (Å²) in [6.07, 6.45) is 0. The summed E-state index contributed by atoms with van der Waals surface area (Å²) in [5.41, 5.74) is 3.18. The molecule has 2 aliphatic rings. The van der Waals surface area contributed by atoms with Gasteiger partial charge in [-0.15, -0.1) is 0 Å². The number of hydrogen-bond acceptors (Lipinski definition) is 6. The first-order valence-electron chi connectivity index (χ1n) is 9.03. The average molecular weight is 456 g/mol. The Hall–Kier alpha value is -3.07. The molecule has 2 heterocycles. The van der Waals surface area contributed by atoms with E-state index in [1.54, 1.807) is 24.3 Å². The molecule has 4 rings (SSSR count). The first-order valence-corrected chi connectivity index (χ1v) is 9.82. The normalized spacial score (nSPS) is 20.4. The lowest BCUT2D eigenvalue weighted by molar-refractivity contribution is -0.123. The number of nitrogens with one attached hydrogen (secondary N) is 1. The first-order chi connectivity index (χ1) is 13.8. The van der Waals surface area contributed by atoms with Crippen LogP contribution in [-0.4, -0.2) is 41.4 Å². The summed E-state index contributed by atoms with van der Waals surface area (Å²) in [5, 5.41) is 11.9. The summed E-state index contributed by atoms with van der Waals surface area (Å²) >= 11 is 3.34. The van der Waals surface area contributed by atoms with Crippen molar-refractivity contribution < 1.29 is 14.4 Å². The molecule has 1 N–H and O–H groups in total. The van der Waals surface area contributed by atoms with E-state index in [0.29, 0.717) is 11.4 Å². The molecule has 2 aromatic rings. The van der Waals surface area contributed by atoms with Gasteiger partial charge in [0.25, 0.3) is 11.8 Å². The van der Waals surface area contributed by atoms with Gasteiger partial charge in [0.2, 0.25) is 5.91 Å². The van der Waals surface area contributed by atoms with Gasteiger partial charge in [-0.05, 0) is 61.4 Å². The van der Waals surface area contributed by atoms with Crippen molar-refractivity contribution >= 4 is 45.0 Å². The van der Waals surface area contributed by atoms with Crippen molar-refractivity contribution in [3.05, 3.63) is 58.1 Å². The predicted molar refractivity (Wildman–Crippen MR) is 110 cm³/mol. The Morgan fingerprint density at radius 3 is 2.48 bits per heavy atom. The van der Waals surface area contributed by atoms with Crippen LogP contribution < -0.4 is 10.2 Å². The Balaban J connectivity index is 1.49. The quantitative estimate of drug-likeness (QED) is 0.716. The van der Waals surface area contributed by atoms with Crippen LogP contribution in [0.25, 0.3) is 0 Å². The fourth-order valence-corrected chi connectivity index (χ4v) is 3.62. The number of carbonyl (C=O) groups excluding carboxylic acids is 3. The van der Waals surface area contributed by atoms with Gasteiger partial charge in [-0.1, -0.05) is 27.2 Å². The van der Waals surface area contributed by atoms with Crippen LogP contribution in [-0.2, 0) is 14.4 Å². The topological polar surface area (TPSA) is 94.4 Å². The second kappa shape index (κ2) is 7.40. The van der Waals surface area contributed by atoms with Crippen molar-refractivity contribution in [3.63, 3.8) is 0 Å². The molecule has 0 radical (unpaired) electrons. The summed E-state index contributed by atoms with van der Waals surface area (Å²) in [6, 6.07) is 10.7. The largest absolute Gasteiger partial charge is 0.324 e. The molecule has 2 aromatic carbocycles. The van der Waals surface area contributed by atoms with Gasteiger partial charge < -0.3 is 5.32 Å². The highest BCUT2D eigenvalue weighted by molar-refractivity contribution is 9.10. The maximum atomic E-state index is 13.0. The molecule has 0 saturated carbocycles. The van der Waals surface area contributed by atoms with E-state index in [-0.39, 0.29) is 12.5 Å². The number of halogens is 1. The number of nitrogens with zero attached hydrogens (tertiary/aromatic N) is 4. The smallest absolute Gasteiger partial charge is 0.263 e. The van der Waals surface area contributed by atoms with Crippen LogP contribution in [0.3, 0.4) is 0 Å². The molecule has 1 fully saturated rings. The molecular weight excluding hydrogens is 438 g/mol. The van der Waals surface area contributed by atoms with Crippen LogP contribution in [0.5, 0.6) is 0 Å². The second-order valence-electron chi connectivity index (χ2n) is 7.03. The van der Waals surface area contributed by atoms with Crippen LogP contribution in [0.1, 0.15) is 11.1 Å². The van der Waals surface area contributed by atoms with Gasteiger partial charge in [-0.3, -0.25) is 19.4 Å². The zero-order chi connectivity index (χ0) is 20.7. The molecule has 2 aliphatic heterocycles. The van der Waals surface area contributed by atoms with Crippen LogP contribution in [0, 0.1) is 13.8 Å². The molecule has 29 heavy (non-hydrogen) atoms. The number of fused-ring (bicyclic) bond motifs is 1. The van der Waals surface area contributed by atoms with E-state index in [0.717, 1.165) is 20.5 Å². The highest BCUT2D eigenvalue weighted by Crippen LogP contribution is 2.32. The third kappa shape index (κ3) is 3.53. The van der Waals surface area contributed by atoms with Crippen LogP contribution >= 0.6 is 15.9 Å². The third-order valence-electron chi connectivity index (χ3n) is 5.04. The number of aryl methyl sites for hydroxylation is 2. The molecule has 3 amide bonds. The zero-order valence-electron chi connectivity index (χ0n) is 15.8. The fourth-order valence-electron chi connectivity index (χ4n) is 3.35. The SMILES string of the molecule is Cc1ccc(N2C(=O)C3N=NN(CC(=O)Nc4ccc(Br)cc4)C3C2=O)cc1C. The summed E-state index contributed by atoms with van der Waals surface area (Å²) in [4.78, 5) is 39.3. The van der Waals surface area contributed by atoms with Gasteiger partial charge in [0, 0.05) is 10.2 Å². The average Bonchev–Trinajstić information content (AvgIpc) is 3.20. The van der Waals surface area contributed by atoms with Crippen molar-refractivity contribution in [3.8, 4) is 0 Å². The van der Waals surface area contributed by atoms with Crippen molar-refractivity contribution in [2.24, 2.45) is 10.3 Å². The maximum absolute atomic E-state index is 13.0. The van der Waals surface area contributed by atoms with Gasteiger partial charge in [-0.2, -0.15) is 5.11 Å². The number of anilines is 2. The molecular formula is C20H18BrN5O3. The van der Waals surface area contributed by atoms with E-state index in [2.05, 4.69) is 31.6 Å². The lowest BCUT2D eigenvalue weighted by atomic mass is 10.1. The minimum atomic E-state index is -0.926. The van der Waals surface area contributed by atoms with Crippen LogP contribution in [0.4, 0.5) is 11.4 Å². The summed E-state index contributed by atoms with van der Waals surface area (Å²) in [5.74, 6) is -1.20. The van der Waals surface area contributed by atoms with Crippen molar-refractivity contribution in [2.45, 2.75) is 25.9 Å². The molecule has 2 unspecified atom stereocenters. The zero-order valence-corrected chi connectivity index (χ0v) is 17.4. The Kier molecular flexibility index (Phi) is 4.91. The molecule has 0 spiro atoms. The Bertz CT molecular complexity index is 1040. The molecule has 0 aliphatic carbocycles. The Morgan fingerprint density at radius 1 is 1.07 bits per heavy atom. The number of imide groups is 1. The van der Waals surface area contributed by atoms with E-state index < -0.39 is 23.9 Å². The minimum Gasteiger partial charge on any atom is -0.324 e. The van der Waals surface area contributed by atoms with Crippen molar-refractivity contribution in [1.29, 1.82) is 0 Å². The lowest BCUT2D eigenvalue weighted by Gasteiger charge is -2.20. The standard InChI is InChI=1S/C20H18BrN5O3/c1-11-3-8-15(9-12(11)2)26-19(28)17-18(20(26)29)25(24-23-17)10-16(27)22-14-6-4-13(21)5-7-14/h3-9,17-18H,10H2,1-2H3,(H,22,27). The Morgan fingerprint density at radius 2 is 1.79 bits per heavy atom. The number of hydrogen-bond donors (Lipinski definition) is 1. The highest BCUT2D eigenvalue weighted by atomic mass is 79.9. The Labute approximate surface area is 175 Å². The molecule has 0 aromatic heterocycles. The van der Waals surface area contributed by atoms with E-state index in [9.17, 15) is 14.4 Å². The molecule has 148 valence electrons. The number of carbonyl (C=O) groups is 3. The number of amides is 3. The summed E-state index contributed by atoms with van der Waals surface area (Å²) in [6.45, 7) is 3.70. The number of rotatable bonds is 4. The predicted octanol–water partition coefficient (Wildman–Crippen LogP) is 3.00. The fraction of sp³-hybridized carbons (Fsp3) is 0.250. The second-order valence-corrected chi connectivity index (χ2v) is 7.94. The van der Waals surface area contributed by atoms with E-state index in [1.807, 2.05) is 32.0 Å². The number of benzene rings is 2. The first kappa shape index (κ1) is 19.3. The summed E-state index contributed by atoms with van der Waals surface area (Å²) in [7, 11) is 0. The monoisotopic (exact) mass is 455 g/mol. The van der Waals surface area contributed by atoms with Crippen LogP contribution in [0.2, 0.25) is 0 Å². The van der Waals surface area contributed by atoms with Gasteiger partial charge in [0.15, 0.2) is 12.1 Å². The van der Waals surface area contributed by atoms with Crippen molar-refractivity contribution in [1.82, 2.24) is 5.01 Å².